The minimum absolute atomic E-state index is 0.0152. The third-order valence-corrected chi connectivity index (χ3v) is 6.13. The van der Waals surface area contributed by atoms with Crippen molar-refractivity contribution in [3.63, 3.8) is 0 Å². The molecule has 1 fully saturated rings. The van der Waals surface area contributed by atoms with Crippen molar-refractivity contribution in [2.45, 2.75) is 25.8 Å². The van der Waals surface area contributed by atoms with Gasteiger partial charge in [0.15, 0.2) is 16.4 Å². The highest BCUT2D eigenvalue weighted by Gasteiger charge is 2.34. The molecule has 0 N–H and O–H groups in total. The van der Waals surface area contributed by atoms with Crippen molar-refractivity contribution in [1.29, 1.82) is 0 Å². The fourth-order valence-electron chi connectivity index (χ4n) is 2.96. The second-order valence-corrected chi connectivity index (χ2v) is 8.89. The second kappa shape index (κ2) is 8.53. The van der Waals surface area contributed by atoms with Gasteiger partial charge >= 0.3 is 5.97 Å². The summed E-state index contributed by atoms with van der Waals surface area (Å²) in [7, 11) is 0.717. The van der Waals surface area contributed by atoms with Gasteiger partial charge < -0.3 is 14.5 Å². The molecule has 144 valence electrons. The Labute approximate surface area is 154 Å². The average molecular weight is 382 g/mol. The maximum absolute atomic E-state index is 12.5. The number of ether oxygens (including phenoxy) is 1. The van der Waals surface area contributed by atoms with Gasteiger partial charge in [-0.3, -0.25) is 4.79 Å². The van der Waals surface area contributed by atoms with E-state index in [2.05, 4.69) is 0 Å². The largest absolute Gasteiger partial charge is 0.452 e. The molecule has 0 saturated carbocycles. The molecular weight excluding hydrogens is 356 g/mol. The van der Waals surface area contributed by atoms with Crippen LogP contribution in [0.25, 0.3) is 0 Å². The Balaban J connectivity index is 1.95. The summed E-state index contributed by atoms with van der Waals surface area (Å²) in [5.41, 5.74) is 1.32. The summed E-state index contributed by atoms with van der Waals surface area (Å²) in [5.74, 6) is -0.839. The molecule has 7 nitrogen and oxygen atoms in total. The highest BCUT2D eigenvalue weighted by Crippen LogP contribution is 2.19. The van der Waals surface area contributed by atoms with Crippen molar-refractivity contribution in [2.24, 2.45) is 0 Å². The van der Waals surface area contributed by atoms with Gasteiger partial charge in [0.2, 0.25) is 0 Å². The van der Waals surface area contributed by atoms with Crippen LogP contribution in [0.3, 0.4) is 0 Å². The van der Waals surface area contributed by atoms with E-state index in [0.717, 1.165) is 5.69 Å². The van der Waals surface area contributed by atoms with Gasteiger partial charge in [-0.15, -0.1) is 0 Å². The number of benzene rings is 1. The summed E-state index contributed by atoms with van der Waals surface area (Å²) >= 11 is 0. The molecule has 0 aromatic heterocycles. The molecule has 0 radical (unpaired) electrons. The van der Waals surface area contributed by atoms with Gasteiger partial charge in [0, 0.05) is 32.4 Å². The van der Waals surface area contributed by atoms with Crippen LogP contribution in [0, 0.1) is 0 Å². The summed E-state index contributed by atoms with van der Waals surface area (Å²) < 4.78 is 28.5. The fourth-order valence-corrected chi connectivity index (χ4v) is 4.69. The summed E-state index contributed by atoms with van der Waals surface area (Å²) in [4.78, 5) is 28.0. The molecule has 0 bridgehead atoms. The number of amides is 1. The van der Waals surface area contributed by atoms with E-state index >= 15 is 0 Å². The Morgan fingerprint density at radius 1 is 1.19 bits per heavy atom. The SMILES string of the molecule is CCCN(C(=O)COC(=O)c1ccc(N(C)C)cc1)[C@H]1CCS(=O)(=O)C1. The van der Waals surface area contributed by atoms with Crippen molar-refractivity contribution in [3.05, 3.63) is 29.8 Å². The number of esters is 1. The Kier molecular flexibility index (Phi) is 6.63. The normalized spacial score (nSPS) is 18.3. The fraction of sp³-hybridized carbons (Fsp3) is 0.556. The zero-order chi connectivity index (χ0) is 19.3. The smallest absolute Gasteiger partial charge is 0.338 e. The molecule has 0 aliphatic carbocycles. The molecule has 0 unspecified atom stereocenters. The van der Waals surface area contributed by atoms with E-state index in [4.69, 9.17) is 4.74 Å². The highest BCUT2D eigenvalue weighted by atomic mass is 32.2. The van der Waals surface area contributed by atoms with Gasteiger partial charge in [-0.2, -0.15) is 0 Å². The van der Waals surface area contributed by atoms with Crippen LogP contribution in [0.4, 0.5) is 5.69 Å². The molecule has 2 rings (SSSR count). The minimum atomic E-state index is -3.08. The van der Waals surface area contributed by atoms with Crippen LogP contribution in [0.5, 0.6) is 0 Å². The Hall–Kier alpha value is -2.09. The zero-order valence-electron chi connectivity index (χ0n) is 15.5. The molecular formula is C18H26N2O5S. The van der Waals surface area contributed by atoms with Crippen LogP contribution in [0.15, 0.2) is 24.3 Å². The van der Waals surface area contributed by atoms with Crippen LogP contribution in [0.2, 0.25) is 0 Å². The van der Waals surface area contributed by atoms with Crippen LogP contribution in [-0.2, 0) is 19.4 Å². The Morgan fingerprint density at radius 3 is 2.35 bits per heavy atom. The van der Waals surface area contributed by atoms with Gasteiger partial charge in [-0.05, 0) is 37.1 Å². The molecule has 1 heterocycles. The topological polar surface area (TPSA) is 84.0 Å². The van der Waals surface area contributed by atoms with Crippen LogP contribution in [0.1, 0.15) is 30.1 Å². The summed E-state index contributed by atoms with van der Waals surface area (Å²) in [6.45, 7) is 1.99. The number of rotatable bonds is 7. The van der Waals surface area contributed by atoms with Crippen molar-refractivity contribution in [1.82, 2.24) is 4.90 Å². The van der Waals surface area contributed by atoms with Gasteiger partial charge in [0.25, 0.3) is 5.91 Å². The average Bonchev–Trinajstić information content (AvgIpc) is 2.96. The van der Waals surface area contributed by atoms with E-state index in [1.807, 2.05) is 25.9 Å². The summed E-state index contributed by atoms with van der Waals surface area (Å²) in [6, 6.07) is 6.56. The predicted molar refractivity (Wildman–Crippen MR) is 100 cm³/mol. The molecule has 1 aromatic rings. The first kappa shape index (κ1) is 20.2. The van der Waals surface area contributed by atoms with Crippen LogP contribution >= 0.6 is 0 Å². The summed E-state index contributed by atoms with van der Waals surface area (Å²) in [5, 5.41) is 0. The monoisotopic (exact) mass is 382 g/mol. The lowest BCUT2D eigenvalue weighted by Gasteiger charge is -2.27. The summed E-state index contributed by atoms with van der Waals surface area (Å²) in [6.07, 6.45) is 1.15. The van der Waals surface area contributed by atoms with Crippen molar-refractivity contribution < 1.29 is 22.7 Å². The van der Waals surface area contributed by atoms with E-state index in [0.29, 0.717) is 24.9 Å². The quantitative estimate of drug-likeness (QED) is 0.662. The highest BCUT2D eigenvalue weighted by molar-refractivity contribution is 7.91. The molecule has 0 spiro atoms. The maximum atomic E-state index is 12.5. The first-order valence-electron chi connectivity index (χ1n) is 8.68. The molecule has 1 saturated heterocycles. The van der Waals surface area contributed by atoms with E-state index in [1.165, 1.54) is 4.90 Å². The van der Waals surface area contributed by atoms with Crippen molar-refractivity contribution in [2.75, 3.05) is 43.7 Å². The first-order chi connectivity index (χ1) is 12.2. The third kappa shape index (κ3) is 5.20. The Morgan fingerprint density at radius 2 is 1.85 bits per heavy atom. The van der Waals surface area contributed by atoms with Crippen molar-refractivity contribution >= 4 is 27.4 Å². The van der Waals surface area contributed by atoms with E-state index in [9.17, 15) is 18.0 Å². The van der Waals surface area contributed by atoms with Gasteiger partial charge in [0.05, 0.1) is 17.1 Å². The van der Waals surface area contributed by atoms with Crippen LogP contribution in [-0.4, -0.2) is 70.0 Å². The zero-order valence-corrected chi connectivity index (χ0v) is 16.3. The van der Waals surface area contributed by atoms with Gasteiger partial charge in [-0.25, -0.2) is 13.2 Å². The minimum Gasteiger partial charge on any atom is -0.452 e. The third-order valence-electron chi connectivity index (χ3n) is 4.38. The van der Waals surface area contributed by atoms with E-state index in [1.54, 1.807) is 24.3 Å². The number of anilines is 1. The lowest BCUT2D eigenvalue weighted by atomic mass is 10.2. The number of nitrogens with zero attached hydrogens (tertiary/aromatic N) is 2. The lowest BCUT2D eigenvalue weighted by Crippen LogP contribution is -2.43. The number of hydrogen-bond acceptors (Lipinski definition) is 6. The standard InChI is InChI=1S/C18H26N2O5S/c1-4-10-20(16-9-11-26(23,24)13-16)17(21)12-25-18(22)14-5-7-15(8-6-14)19(2)3/h5-8,16H,4,9-13H2,1-3H3/t16-/m0/s1. The maximum Gasteiger partial charge on any atom is 0.338 e. The number of carbonyl (C=O) groups is 2. The van der Waals surface area contributed by atoms with Crippen molar-refractivity contribution in [3.8, 4) is 0 Å². The molecule has 1 aromatic carbocycles. The van der Waals surface area contributed by atoms with Gasteiger partial charge in [-0.1, -0.05) is 6.92 Å². The molecule has 1 amide bonds. The molecule has 1 atom stereocenters. The lowest BCUT2D eigenvalue weighted by molar-refractivity contribution is -0.136. The molecule has 26 heavy (non-hydrogen) atoms. The van der Waals surface area contributed by atoms with Crippen LogP contribution < -0.4 is 4.90 Å². The molecule has 8 heteroatoms. The molecule has 1 aliphatic heterocycles. The molecule has 1 aliphatic rings. The first-order valence-corrected chi connectivity index (χ1v) is 10.5. The number of hydrogen-bond donors (Lipinski definition) is 0. The number of sulfone groups is 1. The Bertz CT molecular complexity index is 743. The number of carbonyl (C=O) groups excluding carboxylic acids is 2. The predicted octanol–water partition coefficient (Wildman–Crippen LogP) is 1.34. The van der Waals surface area contributed by atoms with Gasteiger partial charge in [0.1, 0.15) is 0 Å². The van der Waals surface area contributed by atoms with E-state index < -0.39 is 15.8 Å². The second-order valence-electron chi connectivity index (χ2n) is 6.66. The van der Waals surface area contributed by atoms with E-state index in [-0.39, 0.29) is 30.1 Å².